The minimum absolute atomic E-state index is 0.0106. The van der Waals surface area contributed by atoms with E-state index in [1.807, 2.05) is 0 Å². The summed E-state index contributed by atoms with van der Waals surface area (Å²) in [6.45, 7) is -0.0106. The first-order chi connectivity index (χ1) is 10.5. The summed E-state index contributed by atoms with van der Waals surface area (Å²) >= 11 is 17.4. The quantitative estimate of drug-likeness (QED) is 0.719. The molecule has 22 heavy (non-hydrogen) atoms. The summed E-state index contributed by atoms with van der Waals surface area (Å²) in [6, 6.07) is 7.02. The molecule has 0 N–H and O–H groups in total. The SMILES string of the molecule is O=c1c(Cl)c(Cl)cnn1Cc1nc(-c2cccc(Cl)c2)no1. The molecular weight excluding hydrogens is 351 g/mol. The maximum Gasteiger partial charge on any atom is 0.287 e. The van der Waals surface area contributed by atoms with Crippen molar-refractivity contribution in [1.82, 2.24) is 19.9 Å². The highest BCUT2D eigenvalue weighted by Crippen LogP contribution is 2.20. The monoisotopic (exact) mass is 356 g/mol. The molecule has 2 aromatic heterocycles. The van der Waals surface area contributed by atoms with Crippen LogP contribution in [0.4, 0.5) is 0 Å². The molecule has 0 amide bonds. The molecule has 0 aliphatic rings. The van der Waals surface area contributed by atoms with E-state index in [9.17, 15) is 4.79 Å². The van der Waals surface area contributed by atoms with Crippen molar-refractivity contribution in [3.8, 4) is 11.4 Å². The highest BCUT2D eigenvalue weighted by molar-refractivity contribution is 6.41. The van der Waals surface area contributed by atoms with Crippen LogP contribution < -0.4 is 5.56 Å². The summed E-state index contributed by atoms with van der Waals surface area (Å²) in [6.07, 6.45) is 1.28. The van der Waals surface area contributed by atoms with Crippen molar-refractivity contribution in [3.05, 3.63) is 61.8 Å². The van der Waals surface area contributed by atoms with Crippen LogP contribution in [0, 0.1) is 0 Å². The van der Waals surface area contributed by atoms with Crippen LogP contribution in [0.1, 0.15) is 5.89 Å². The standard InChI is InChI=1S/C13H7Cl3N4O2/c14-8-3-1-2-7(4-8)12-18-10(22-19-12)6-20-13(21)11(16)9(15)5-17-20/h1-5H,6H2. The lowest BCUT2D eigenvalue weighted by molar-refractivity contribution is 0.363. The second kappa shape index (κ2) is 6.08. The topological polar surface area (TPSA) is 73.8 Å². The Morgan fingerprint density at radius 1 is 1.23 bits per heavy atom. The van der Waals surface area contributed by atoms with Crippen LogP contribution in [0.5, 0.6) is 0 Å². The minimum Gasteiger partial charge on any atom is -0.337 e. The molecule has 0 aliphatic heterocycles. The second-order valence-electron chi connectivity index (χ2n) is 4.29. The van der Waals surface area contributed by atoms with Crippen LogP contribution in [0.25, 0.3) is 11.4 Å². The highest BCUT2D eigenvalue weighted by atomic mass is 35.5. The summed E-state index contributed by atoms with van der Waals surface area (Å²) < 4.78 is 6.19. The third kappa shape index (κ3) is 2.99. The van der Waals surface area contributed by atoms with Crippen LogP contribution in [-0.2, 0) is 6.54 Å². The average molecular weight is 358 g/mol. The number of rotatable bonds is 3. The molecule has 0 aliphatic carbocycles. The van der Waals surface area contributed by atoms with E-state index in [0.717, 1.165) is 4.68 Å². The van der Waals surface area contributed by atoms with Gasteiger partial charge < -0.3 is 4.52 Å². The molecule has 6 nitrogen and oxygen atoms in total. The predicted octanol–water partition coefficient (Wildman–Crippen LogP) is 3.30. The lowest BCUT2D eigenvalue weighted by Crippen LogP contribution is -2.23. The molecule has 0 fully saturated rings. The van der Waals surface area contributed by atoms with Crippen molar-refractivity contribution in [2.24, 2.45) is 0 Å². The zero-order valence-corrected chi connectivity index (χ0v) is 13.1. The lowest BCUT2D eigenvalue weighted by Gasteiger charge is -2.01. The van der Waals surface area contributed by atoms with Crippen molar-refractivity contribution < 1.29 is 4.52 Å². The van der Waals surface area contributed by atoms with Crippen LogP contribution >= 0.6 is 34.8 Å². The van der Waals surface area contributed by atoms with Crippen LogP contribution in [0.15, 0.2) is 39.8 Å². The molecule has 3 rings (SSSR count). The minimum atomic E-state index is -0.531. The maximum atomic E-state index is 11.9. The van der Waals surface area contributed by atoms with Crippen molar-refractivity contribution in [1.29, 1.82) is 0 Å². The Labute approximate surface area is 139 Å². The van der Waals surface area contributed by atoms with Crippen LogP contribution in [-0.4, -0.2) is 19.9 Å². The van der Waals surface area contributed by atoms with E-state index < -0.39 is 5.56 Å². The first-order valence-electron chi connectivity index (χ1n) is 6.04. The van der Waals surface area contributed by atoms with Gasteiger partial charge in [-0.2, -0.15) is 10.1 Å². The zero-order valence-electron chi connectivity index (χ0n) is 10.8. The molecule has 0 saturated heterocycles. The largest absolute Gasteiger partial charge is 0.337 e. The van der Waals surface area contributed by atoms with E-state index in [4.69, 9.17) is 39.3 Å². The maximum absolute atomic E-state index is 11.9. The van der Waals surface area contributed by atoms with Gasteiger partial charge in [0.15, 0.2) is 0 Å². The number of hydrogen-bond acceptors (Lipinski definition) is 5. The Morgan fingerprint density at radius 3 is 2.82 bits per heavy atom. The number of nitrogens with zero attached hydrogens (tertiary/aromatic N) is 4. The van der Waals surface area contributed by atoms with Gasteiger partial charge in [-0.15, -0.1) is 0 Å². The second-order valence-corrected chi connectivity index (χ2v) is 5.51. The normalized spacial score (nSPS) is 10.9. The van der Waals surface area contributed by atoms with E-state index >= 15 is 0 Å². The fourth-order valence-electron chi connectivity index (χ4n) is 1.75. The first kappa shape index (κ1) is 15.0. The molecule has 112 valence electrons. The van der Waals surface area contributed by atoms with Crippen molar-refractivity contribution in [2.45, 2.75) is 6.54 Å². The Balaban J connectivity index is 1.89. The Morgan fingerprint density at radius 2 is 2.05 bits per heavy atom. The van der Waals surface area contributed by atoms with Gasteiger partial charge in [0, 0.05) is 10.6 Å². The van der Waals surface area contributed by atoms with E-state index in [0.29, 0.717) is 16.4 Å². The van der Waals surface area contributed by atoms with Gasteiger partial charge in [-0.05, 0) is 12.1 Å². The zero-order chi connectivity index (χ0) is 15.7. The summed E-state index contributed by atoms with van der Waals surface area (Å²) in [5.41, 5.74) is 0.175. The number of halogens is 3. The van der Waals surface area contributed by atoms with Crippen molar-refractivity contribution >= 4 is 34.8 Å². The van der Waals surface area contributed by atoms with Crippen molar-refractivity contribution in [3.63, 3.8) is 0 Å². The molecule has 0 radical (unpaired) electrons. The summed E-state index contributed by atoms with van der Waals surface area (Å²) in [7, 11) is 0. The van der Waals surface area contributed by atoms with Gasteiger partial charge in [0.2, 0.25) is 11.7 Å². The Bertz CT molecular complexity index is 891. The number of hydrogen-bond donors (Lipinski definition) is 0. The smallest absolute Gasteiger partial charge is 0.287 e. The van der Waals surface area contributed by atoms with Gasteiger partial charge in [-0.1, -0.05) is 52.1 Å². The molecule has 3 aromatic rings. The first-order valence-corrected chi connectivity index (χ1v) is 7.17. The van der Waals surface area contributed by atoms with E-state index in [2.05, 4.69) is 15.2 Å². The van der Waals surface area contributed by atoms with Gasteiger partial charge in [0.1, 0.15) is 11.6 Å². The van der Waals surface area contributed by atoms with Crippen LogP contribution in [0.2, 0.25) is 15.1 Å². The summed E-state index contributed by atoms with van der Waals surface area (Å²) in [5, 5.41) is 8.26. The molecule has 2 heterocycles. The predicted molar refractivity (Wildman–Crippen MR) is 82.4 cm³/mol. The molecule has 0 saturated carbocycles. The van der Waals surface area contributed by atoms with Gasteiger partial charge >= 0.3 is 0 Å². The van der Waals surface area contributed by atoms with Gasteiger partial charge in [-0.25, -0.2) is 4.68 Å². The molecular formula is C13H7Cl3N4O2. The fourth-order valence-corrected chi connectivity index (χ4v) is 2.21. The summed E-state index contributed by atoms with van der Waals surface area (Å²) in [4.78, 5) is 16.1. The van der Waals surface area contributed by atoms with E-state index in [1.165, 1.54) is 6.20 Å². The van der Waals surface area contributed by atoms with E-state index in [1.54, 1.807) is 24.3 Å². The Kier molecular flexibility index (Phi) is 4.15. The van der Waals surface area contributed by atoms with Gasteiger partial charge in [0.05, 0.1) is 11.2 Å². The molecule has 1 aromatic carbocycles. The Hall–Kier alpha value is -1.89. The summed E-state index contributed by atoms with van der Waals surface area (Å²) in [5.74, 6) is 0.577. The van der Waals surface area contributed by atoms with Crippen LogP contribution in [0.3, 0.4) is 0 Å². The molecule has 0 bridgehead atoms. The van der Waals surface area contributed by atoms with Gasteiger partial charge in [0.25, 0.3) is 5.56 Å². The molecule has 0 atom stereocenters. The third-order valence-corrected chi connectivity index (χ3v) is 3.76. The third-order valence-electron chi connectivity index (χ3n) is 2.78. The van der Waals surface area contributed by atoms with Crippen molar-refractivity contribution in [2.75, 3.05) is 0 Å². The average Bonchev–Trinajstić information content (AvgIpc) is 2.97. The molecule has 0 unspecified atom stereocenters. The fraction of sp³-hybridized carbons (Fsp3) is 0.0769. The number of aromatic nitrogens is 4. The highest BCUT2D eigenvalue weighted by Gasteiger charge is 2.13. The van der Waals surface area contributed by atoms with E-state index in [-0.39, 0.29) is 22.5 Å². The van der Waals surface area contributed by atoms with Gasteiger partial charge in [-0.3, -0.25) is 4.79 Å². The molecule has 9 heteroatoms. The number of benzene rings is 1. The lowest BCUT2D eigenvalue weighted by atomic mass is 10.2. The molecule has 0 spiro atoms.